The SMILES string of the molecule is CC1(C)C2=C(C=CCC2)c2ccc(N(c3ccc4c(c3)C(C)(C)c3ccccc3-4)c3ccc4c(c3)c3cc(N(c5ccc6c(c5)C(C)(C)c5ccccc5-6)c5ccc6c(c5)C(C)(C)c5ccccc5-6)ccc3n4-c3ccccc3)cc21. The Labute approximate surface area is 476 Å². The summed E-state index contributed by atoms with van der Waals surface area (Å²) in [7, 11) is 0. The first kappa shape index (κ1) is 48.0. The van der Waals surface area contributed by atoms with Gasteiger partial charge in [0.05, 0.1) is 11.0 Å². The molecule has 0 amide bonds. The third-order valence-electron chi connectivity index (χ3n) is 19.9. The monoisotopic (exact) mass is 1040 g/mol. The summed E-state index contributed by atoms with van der Waals surface area (Å²) in [6.07, 6.45) is 6.94. The maximum atomic E-state index is 2.54. The Morgan fingerprint density at radius 1 is 0.321 bits per heavy atom. The van der Waals surface area contributed by atoms with Gasteiger partial charge >= 0.3 is 0 Å². The minimum Gasteiger partial charge on any atom is -0.310 e. The standard InChI is InChI=1S/C78H65N3/c1-75(2)65-26-16-12-22-55(65)59-36-30-51(44-69(59)75)79(52-31-37-60-56-23-13-17-27-66(56)76(3,4)70(60)45-52)49-34-40-73-63(42-49)64-43-50(35-41-74(64)81(73)48-20-10-9-11-21-48)80(53-32-38-61-57-24-14-18-28-67(57)77(5,6)71(61)46-53)54-33-39-62-58-25-15-19-29-68(58)78(7,8)72(62)47-54/h9-18,20-28,30-47H,19,29H2,1-8H3. The largest absolute Gasteiger partial charge is 0.310 e. The zero-order chi connectivity index (χ0) is 54.9. The van der Waals surface area contributed by atoms with E-state index in [0.29, 0.717) is 0 Å². The molecule has 1 heterocycles. The van der Waals surface area contributed by atoms with E-state index >= 15 is 0 Å². The molecule has 0 fully saturated rings. The summed E-state index contributed by atoms with van der Waals surface area (Å²) in [5, 5.41) is 2.40. The summed E-state index contributed by atoms with van der Waals surface area (Å²) in [4.78, 5) is 5.07. The molecule has 0 spiro atoms. The number of benzene rings is 10. The second-order valence-corrected chi connectivity index (χ2v) is 25.6. The summed E-state index contributed by atoms with van der Waals surface area (Å²) in [5.41, 5.74) is 31.7. The van der Waals surface area contributed by atoms with Crippen LogP contribution in [-0.4, -0.2) is 4.57 Å². The van der Waals surface area contributed by atoms with E-state index < -0.39 is 0 Å². The van der Waals surface area contributed by atoms with Crippen LogP contribution in [0.2, 0.25) is 0 Å². The first-order chi connectivity index (χ1) is 39.2. The van der Waals surface area contributed by atoms with E-state index in [-0.39, 0.29) is 21.7 Å². The lowest BCUT2D eigenvalue weighted by atomic mass is 9.78. The molecule has 0 bridgehead atoms. The van der Waals surface area contributed by atoms with Crippen LogP contribution in [-0.2, 0) is 21.7 Å². The van der Waals surface area contributed by atoms with Crippen molar-refractivity contribution in [3.8, 4) is 39.1 Å². The number of hydrogen-bond donors (Lipinski definition) is 0. The Kier molecular flexibility index (Phi) is 9.97. The number of allylic oxidation sites excluding steroid dienone is 4. The third kappa shape index (κ3) is 6.70. The maximum Gasteiger partial charge on any atom is 0.0542 e. The second-order valence-electron chi connectivity index (χ2n) is 25.6. The van der Waals surface area contributed by atoms with E-state index in [2.05, 4.69) is 294 Å². The minimum atomic E-state index is -0.162. The van der Waals surface area contributed by atoms with Crippen LogP contribution in [0.1, 0.15) is 113 Å². The van der Waals surface area contributed by atoms with Crippen LogP contribution >= 0.6 is 0 Å². The summed E-state index contributed by atoms with van der Waals surface area (Å²) in [5.74, 6) is 0. The molecule has 5 aliphatic carbocycles. The molecular weight excluding hydrogens is 979 g/mol. The van der Waals surface area contributed by atoms with Gasteiger partial charge in [0.2, 0.25) is 0 Å². The fourth-order valence-electron chi connectivity index (χ4n) is 15.7. The van der Waals surface area contributed by atoms with Crippen molar-refractivity contribution in [3.05, 3.63) is 275 Å². The number of para-hydroxylation sites is 1. The Bertz CT molecular complexity index is 4480. The summed E-state index contributed by atoms with van der Waals surface area (Å²) in [6, 6.07) is 81.2. The maximum absolute atomic E-state index is 2.54. The number of anilines is 6. The number of hydrogen-bond acceptors (Lipinski definition) is 2. The molecule has 0 unspecified atom stereocenters. The van der Waals surface area contributed by atoms with Crippen molar-refractivity contribution in [3.63, 3.8) is 0 Å². The molecule has 392 valence electrons. The first-order valence-electron chi connectivity index (χ1n) is 29.2. The van der Waals surface area contributed by atoms with Gasteiger partial charge in [-0.05, 0) is 193 Å². The Balaban J connectivity index is 0.923. The van der Waals surface area contributed by atoms with Crippen molar-refractivity contribution in [2.45, 2.75) is 89.9 Å². The molecule has 16 rings (SSSR count). The smallest absolute Gasteiger partial charge is 0.0542 e. The molecule has 0 saturated heterocycles. The first-order valence-corrected chi connectivity index (χ1v) is 29.2. The molecule has 3 heteroatoms. The normalized spacial score (nSPS) is 16.6. The molecule has 81 heavy (non-hydrogen) atoms. The lowest BCUT2D eigenvalue weighted by Gasteiger charge is -2.30. The predicted octanol–water partition coefficient (Wildman–Crippen LogP) is 21.0. The van der Waals surface area contributed by atoms with Gasteiger partial charge in [0.1, 0.15) is 0 Å². The molecule has 11 aromatic rings. The van der Waals surface area contributed by atoms with Crippen molar-refractivity contribution < 1.29 is 0 Å². The minimum absolute atomic E-state index is 0.0782. The van der Waals surface area contributed by atoms with Gasteiger partial charge in [-0.25, -0.2) is 0 Å². The lowest BCUT2D eigenvalue weighted by Crippen LogP contribution is -2.19. The zero-order valence-corrected chi connectivity index (χ0v) is 47.6. The Morgan fingerprint density at radius 3 is 1.10 bits per heavy atom. The average Bonchev–Trinajstić information content (AvgIpc) is 4.16. The average molecular weight is 1040 g/mol. The van der Waals surface area contributed by atoms with Gasteiger partial charge in [-0.3, -0.25) is 0 Å². The number of fused-ring (bicyclic) bond motifs is 14. The zero-order valence-electron chi connectivity index (χ0n) is 47.6. The van der Waals surface area contributed by atoms with E-state index in [0.717, 1.165) is 47.0 Å². The molecule has 3 nitrogen and oxygen atoms in total. The molecule has 1 aromatic heterocycles. The van der Waals surface area contributed by atoms with E-state index in [1.165, 1.54) is 111 Å². The van der Waals surface area contributed by atoms with E-state index in [4.69, 9.17) is 0 Å². The lowest BCUT2D eigenvalue weighted by molar-refractivity contribution is 0.607. The molecular formula is C78H65N3. The van der Waals surface area contributed by atoms with Crippen LogP contribution in [0.15, 0.2) is 230 Å². The highest BCUT2D eigenvalue weighted by Crippen LogP contribution is 2.57. The summed E-state index contributed by atoms with van der Waals surface area (Å²) < 4.78 is 2.47. The number of aromatic nitrogens is 1. The van der Waals surface area contributed by atoms with Crippen molar-refractivity contribution in [2.24, 2.45) is 0 Å². The number of rotatable bonds is 7. The van der Waals surface area contributed by atoms with Crippen LogP contribution in [0.3, 0.4) is 0 Å². The molecule has 0 radical (unpaired) electrons. The van der Waals surface area contributed by atoms with E-state index in [9.17, 15) is 0 Å². The van der Waals surface area contributed by atoms with Crippen LogP contribution in [0.25, 0.3) is 66.4 Å². The molecule has 0 atom stereocenters. The fraction of sp³-hybridized carbons (Fsp3) is 0.179. The van der Waals surface area contributed by atoms with Crippen LogP contribution < -0.4 is 9.80 Å². The third-order valence-corrected chi connectivity index (χ3v) is 19.9. The van der Waals surface area contributed by atoms with E-state index in [1.807, 2.05) is 0 Å². The highest BCUT2D eigenvalue weighted by atomic mass is 15.2. The highest BCUT2D eigenvalue weighted by Gasteiger charge is 2.41. The van der Waals surface area contributed by atoms with Crippen LogP contribution in [0.5, 0.6) is 0 Å². The summed E-state index contributed by atoms with van der Waals surface area (Å²) in [6.45, 7) is 19.2. The van der Waals surface area contributed by atoms with Crippen molar-refractivity contribution in [1.82, 2.24) is 4.57 Å². The molecule has 0 N–H and O–H groups in total. The highest BCUT2D eigenvalue weighted by molar-refractivity contribution is 6.12. The van der Waals surface area contributed by atoms with Crippen molar-refractivity contribution in [1.29, 1.82) is 0 Å². The molecule has 10 aromatic carbocycles. The van der Waals surface area contributed by atoms with Crippen molar-refractivity contribution >= 4 is 61.5 Å². The van der Waals surface area contributed by atoms with Gasteiger partial charge in [0.15, 0.2) is 0 Å². The molecule has 0 aliphatic heterocycles. The second kappa shape index (κ2) is 16.8. The van der Waals surface area contributed by atoms with Gasteiger partial charge in [-0.15, -0.1) is 0 Å². The predicted molar refractivity (Wildman–Crippen MR) is 341 cm³/mol. The van der Waals surface area contributed by atoms with Crippen LogP contribution in [0, 0.1) is 0 Å². The van der Waals surface area contributed by atoms with Crippen molar-refractivity contribution in [2.75, 3.05) is 9.80 Å². The van der Waals surface area contributed by atoms with Gasteiger partial charge in [-0.2, -0.15) is 0 Å². The fourth-order valence-corrected chi connectivity index (χ4v) is 15.7. The molecule has 0 saturated carbocycles. The van der Waals surface area contributed by atoms with Gasteiger partial charge in [-0.1, -0.05) is 188 Å². The van der Waals surface area contributed by atoms with Gasteiger partial charge < -0.3 is 14.4 Å². The molecule has 5 aliphatic rings. The Morgan fingerprint density at radius 2 is 0.667 bits per heavy atom. The van der Waals surface area contributed by atoms with E-state index in [1.54, 1.807) is 5.57 Å². The Hall–Kier alpha value is -8.92. The quantitative estimate of drug-likeness (QED) is 0.158. The van der Waals surface area contributed by atoms with Crippen LogP contribution in [0.4, 0.5) is 34.1 Å². The topological polar surface area (TPSA) is 11.4 Å². The van der Waals surface area contributed by atoms with Gasteiger partial charge in [0.25, 0.3) is 0 Å². The summed E-state index contributed by atoms with van der Waals surface area (Å²) >= 11 is 0. The number of nitrogens with zero attached hydrogens (tertiary/aromatic N) is 3. The van der Waals surface area contributed by atoms with Gasteiger partial charge in [0, 0.05) is 72.2 Å².